The number of imidazole rings is 1. The topological polar surface area (TPSA) is 61.4 Å². The molecule has 1 amide bonds. The zero-order valence-electron chi connectivity index (χ0n) is 11.3. The standard InChI is InChI=1S/C14H16N4OS/c1-2-18-14(19)6-4-11(17-18)12-5-3-10(20-12)9-13-15-7-8-16-13/h3,5,7-8H,2,4,6,9H2,1H3,(H,15,16). The number of thiophene rings is 1. The van der Waals surface area contributed by atoms with Gasteiger partial charge in [-0.2, -0.15) is 5.10 Å². The van der Waals surface area contributed by atoms with Crippen molar-refractivity contribution in [2.75, 3.05) is 6.54 Å². The molecule has 6 heteroatoms. The Morgan fingerprint density at radius 1 is 1.40 bits per heavy atom. The molecule has 1 aliphatic rings. The summed E-state index contributed by atoms with van der Waals surface area (Å²) < 4.78 is 0. The summed E-state index contributed by atoms with van der Waals surface area (Å²) >= 11 is 1.72. The quantitative estimate of drug-likeness (QED) is 0.939. The maximum absolute atomic E-state index is 11.6. The molecule has 20 heavy (non-hydrogen) atoms. The van der Waals surface area contributed by atoms with E-state index in [0.717, 1.165) is 29.3 Å². The van der Waals surface area contributed by atoms with Crippen LogP contribution in [0.2, 0.25) is 0 Å². The molecule has 0 aliphatic carbocycles. The fraction of sp³-hybridized carbons (Fsp3) is 0.357. The summed E-state index contributed by atoms with van der Waals surface area (Å²) in [5, 5.41) is 6.01. The second-order valence-electron chi connectivity index (χ2n) is 4.63. The number of H-pyrrole nitrogens is 1. The van der Waals surface area contributed by atoms with Crippen LogP contribution in [-0.4, -0.2) is 33.1 Å². The first-order valence-corrected chi connectivity index (χ1v) is 7.53. The number of hydrogen-bond donors (Lipinski definition) is 1. The van der Waals surface area contributed by atoms with Crippen LogP contribution >= 0.6 is 11.3 Å². The average molecular weight is 288 g/mol. The summed E-state index contributed by atoms with van der Waals surface area (Å²) in [4.78, 5) is 21.4. The molecule has 0 aromatic carbocycles. The molecule has 0 bridgehead atoms. The van der Waals surface area contributed by atoms with Crippen LogP contribution in [0.15, 0.2) is 29.6 Å². The fourth-order valence-electron chi connectivity index (χ4n) is 2.21. The molecule has 3 rings (SSSR count). The molecule has 0 spiro atoms. The molecule has 2 aromatic rings. The smallest absolute Gasteiger partial charge is 0.243 e. The number of hydrogen-bond acceptors (Lipinski definition) is 4. The predicted molar refractivity (Wildman–Crippen MR) is 78.9 cm³/mol. The van der Waals surface area contributed by atoms with Crippen molar-refractivity contribution in [2.45, 2.75) is 26.2 Å². The van der Waals surface area contributed by atoms with Crippen molar-refractivity contribution in [1.29, 1.82) is 0 Å². The van der Waals surface area contributed by atoms with Gasteiger partial charge in [0.1, 0.15) is 5.82 Å². The van der Waals surface area contributed by atoms with E-state index in [9.17, 15) is 4.79 Å². The van der Waals surface area contributed by atoms with Gasteiger partial charge in [0, 0.05) is 43.1 Å². The van der Waals surface area contributed by atoms with E-state index in [1.54, 1.807) is 22.5 Å². The Kier molecular flexibility index (Phi) is 3.64. The SMILES string of the molecule is CCN1N=C(c2ccc(Cc3ncc[nH]3)s2)CCC1=O. The number of hydrazone groups is 1. The molecule has 0 saturated heterocycles. The largest absolute Gasteiger partial charge is 0.348 e. The van der Waals surface area contributed by atoms with E-state index in [1.165, 1.54) is 4.88 Å². The van der Waals surface area contributed by atoms with Gasteiger partial charge in [0.25, 0.3) is 0 Å². The Hall–Kier alpha value is -1.95. The first-order chi connectivity index (χ1) is 9.76. The minimum Gasteiger partial charge on any atom is -0.348 e. The summed E-state index contributed by atoms with van der Waals surface area (Å²) in [6, 6.07) is 4.20. The third kappa shape index (κ3) is 2.65. The lowest BCUT2D eigenvalue weighted by Gasteiger charge is -2.21. The maximum Gasteiger partial charge on any atom is 0.243 e. The Morgan fingerprint density at radius 2 is 2.30 bits per heavy atom. The summed E-state index contributed by atoms with van der Waals surface area (Å²) in [6.07, 6.45) is 5.69. The van der Waals surface area contributed by atoms with E-state index in [2.05, 4.69) is 27.2 Å². The number of nitrogens with zero attached hydrogens (tertiary/aromatic N) is 3. The molecule has 0 unspecified atom stereocenters. The van der Waals surface area contributed by atoms with E-state index in [1.807, 2.05) is 13.1 Å². The highest BCUT2D eigenvalue weighted by Gasteiger charge is 2.20. The van der Waals surface area contributed by atoms with Crippen LogP contribution < -0.4 is 0 Å². The average Bonchev–Trinajstić information content (AvgIpc) is 3.12. The van der Waals surface area contributed by atoms with Gasteiger partial charge in [0.2, 0.25) is 5.91 Å². The third-order valence-corrected chi connectivity index (χ3v) is 4.38. The molecule has 2 aromatic heterocycles. The van der Waals surface area contributed by atoms with Crippen LogP contribution in [0, 0.1) is 0 Å². The molecule has 0 fully saturated rings. The molecule has 0 atom stereocenters. The number of carbonyl (C=O) groups is 1. The summed E-state index contributed by atoms with van der Waals surface area (Å²) in [5.41, 5.74) is 1.02. The predicted octanol–water partition coefficient (Wildman–Crippen LogP) is 2.41. The number of amides is 1. The number of nitrogens with one attached hydrogen (secondary N) is 1. The van der Waals surface area contributed by atoms with Crippen molar-refractivity contribution in [1.82, 2.24) is 15.0 Å². The first-order valence-electron chi connectivity index (χ1n) is 6.71. The molecule has 3 heterocycles. The van der Waals surface area contributed by atoms with E-state index in [4.69, 9.17) is 0 Å². The summed E-state index contributed by atoms with van der Waals surface area (Å²) in [5.74, 6) is 1.08. The van der Waals surface area contributed by atoms with Gasteiger partial charge in [-0.3, -0.25) is 4.79 Å². The lowest BCUT2D eigenvalue weighted by molar-refractivity contribution is -0.131. The number of aromatic nitrogens is 2. The lowest BCUT2D eigenvalue weighted by atomic mass is 10.1. The van der Waals surface area contributed by atoms with Gasteiger partial charge in [-0.1, -0.05) is 0 Å². The molecule has 1 N–H and O–H groups in total. The van der Waals surface area contributed by atoms with Gasteiger partial charge < -0.3 is 4.98 Å². The number of aromatic amines is 1. The maximum atomic E-state index is 11.6. The van der Waals surface area contributed by atoms with Crippen molar-refractivity contribution in [3.05, 3.63) is 40.1 Å². The van der Waals surface area contributed by atoms with Crippen molar-refractivity contribution < 1.29 is 4.79 Å². The fourth-order valence-corrected chi connectivity index (χ4v) is 3.24. The molecule has 0 radical (unpaired) electrons. The van der Waals surface area contributed by atoms with Crippen LogP contribution in [0.5, 0.6) is 0 Å². The molecule has 1 aliphatic heterocycles. The van der Waals surface area contributed by atoms with Crippen molar-refractivity contribution in [2.24, 2.45) is 5.10 Å². The molecular weight excluding hydrogens is 272 g/mol. The highest BCUT2D eigenvalue weighted by atomic mass is 32.1. The lowest BCUT2D eigenvalue weighted by Crippen LogP contribution is -2.31. The van der Waals surface area contributed by atoms with E-state index < -0.39 is 0 Å². The second kappa shape index (κ2) is 5.58. The van der Waals surface area contributed by atoms with Crippen LogP contribution in [0.1, 0.15) is 35.3 Å². The van der Waals surface area contributed by atoms with Gasteiger partial charge in [-0.05, 0) is 19.1 Å². The number of carbonyl (C=O) groups excluding carboxylic acids is 1. The monoisotopic (exact) mass is 288 g/mol. The highest BCUT2D eigenvalue weighted by Crippen LogP contribution is 2.23. The molecule has 104 valence electrons. The van der Waals surface area contributed by atoms with Crippen LogP contribution in [0.25, 0.3) is 0 Å². The van der Waals surface area contributed by atoms with Crippen molar-refractivity contribution in [3.8, 4) is 0 Å². The van der Waals surface area contributed by atoms with Gasteiger partial charge in [-0.25, -0.2) is 9.99 Å². The van der Waals surface area contributed by atoms with Crippen LogP contribution in [0.3, 0.4) is 0 Å². The number of rotatable bonds is 4. The zero-order chi connectivity index (χ0) is 13.9. The molecule has 5 nitrogen and oxygen atoms in total. The van der Waals surface area contributed by atoms with Crippen LogP contribution in [0.4, 0.5) is 0 Å². The van der Waals surface area contributed by atoms with Crippen LogP contribution in [-0.2, 0) is 11.2 Å². The van der Waals surface area contributed by atoms with Gasteiger partial charge in [0.15, 0.2) is 0 Å². The normalized spacial score (nSPS) is 15.6. The third-order valence-electron chi connectivity index (χ3n) is 3.25. The Labute approximate surface area is 121 Å². The van der Waals surface area contributed by atoms with Gasteiger partial charge >= 0.3 is 0 Å². The van der Waals surface area contributed by atoms with Gasteiger partial charge in [-0.15, -0.1) is 11.3 Å². The second-order valence-corrected chi connectivity index (χ2v) is 5.80. The zero-order valence-corrected chi connectivity index (χ0v) is 12.1. The molecule has 0 saturated carbocycles. The molecular formula is C14H16N4OS. The minimum atomic E-state index is 0.114. The first kappa shape index (κ1) is 13.1. The van der Waals surface area contributed by atoms with Crippen molar-refractivity contribution >= 4 is 23.0 Å². The highest BCUT2D eigenvalue weighted by molar-refractivity contribution is 7.14. The van der Waals surface area contributed by atoms with E-state index in [-0.39, 0.29) is 5.91 Å². The summed E-state index contributed by atoms with van der Waals surface area (Å²) in [7, 11) is 0. The summed E-state index contributed by atoms with van der Waals surface area (Å²) in [6.45, 7) is 2.58. The Morgan fingerprint density at radius 3 is 3.05 bits per heavy atom. The Bertz CT molecular complexity index is 629. The van der Waals surface area contributed by atoms with Crippen molar-refractivity contribution in [3.63, 3.8) is 0 Å². The van der Waals surface area contributed by atoms with Gasteiger partial charge in [0.05, 0.1) is 10.6 Å². The Balaban J connectivity index is 1.78. The van der Waals surface area contributed by atoms with E-state index >= 15 is 0 Å². The van der Waals surface area contributed by atoms with E-state index in [0.29, 0.717) is 13.0 Å². The minimum absolute atomic E-state index is 0.114.